The summed E-state index contributed by atoms with van der Waals surface area (Å²) in [6.45, 7) is 2.21. The van der Waals surface area contributed by atoms with Crippen LogP contribution in [0.3, 0.4) is 0 Å². The molecule has 1 aromatic heterocycles. The zero-order valence-corrected chi connectivity index (χ0v) is 12.1. The topological polar surface area (TPSA) is 17.1 Å². The number of carbonyl (C=O) groups is 1. The third-order valence-electron chi connectivity index (χ3n) is 3.91. The minimum absolute atomic E-state index is 0.149. The van der Waals surface area contributed by atoms with Crippen LogP contribution < -0.4 is 0 Å². The van der Waals surface area contributed by atoms with Crippen LogP contribution in [0, 0.1) is 5.92 Å². The molecule has 3 rings (SSSR count). The summed E-state index contributed by atoms with van der Waals surface area (Å²) in [6.07, 6.45) is 5.06. The molecule has 1 aliphatic rings. The largest absolute Gasteiger partial charge is 0.298 e. The van der Waals surface area contributed by atoms with Crippen molar-refractivity contribution in [2.24, 2.45) is 5.92 Å². The lowest BCUT2D eigenvalue weighted by Gasteiger charge is -2.29. The van der Waals surface area contributed by atoms with E-state index in [4.69, 9.17) is 0 Å². The fourth-order valence-corrected chi connectivity index (χ4v) is 3.76. The van der Waals surface area contributed by atoms with Gasteiger partial charge in [0.15, 0.2) is 0 Å². The Hall–Kier alpha value is -1.93. The van der Waals surface area contributed by atoms with E-state index in [-0.39, 0.29) is 5.92 Å². The first kappa shape index (κ1) is 13.1. The maximum Gasteiger partial charge on any atom is 0.146 e. The molecule has 1 aliphatic carbocycles. The van der Waals surface area contributed by atoms with Crippen LogP contribution >= 0.6 is 11.3 Å². The van der Waals surface area contributed by atoms with Gasteiger partial charge in [0.25, 0.3) is 0 Å². The third-order valence-corrected chi connectivity index (χ3v) is 4.82. The standard InChI is InChI=1S/C18H16OS/c1-13-16(17-8-5-11-20-17)10-9-15(12-19)18(13)14-6-3-2-4-7-14/h2-13,18H,1H3. The molecule has 2 atom stereocenters. The molecule has 1 heterocycles. The number of benzene rings is 1. The maximum absolute atomic E-state index is 11.4. The molecule has 0 radical (unpaired) electrons. The van der Waals surface area contributed by atoms with Crippen molar-refractivity contribution >= 4 is 23.2 Å². The molecular weight excluding hydrogens is 264 g/mol. The molecule has 1 aromatic carbocycles. The van der Waals surface area contributed by atoms with Crippen molar-refractivity contribution < 1.29 is 4.79 Å². The minimum atomic E-state index is 0.149. The van der Waals surface area contributed by atoms with Crippen LogP contribution in [0.2, 0.25) is 0 Å². The van der Waals surface area contributed by atoms with Crippen molar-refractivity contribution in [3.05, 3.63) is 76.0 Å². The fourth-order valence-electron chi connectivity index (χ4n) is 2.91. The van der Waals surface area contributed by atoms with Crippen molar-refractivity contribution in [3.8, 4) is 0 Å². The van der Waals surface area contributed by atoms with E-state index in [0.717, 1.165) is 11.9 Å². The summed E-state index contributed by atoms with van der Waals surface area (Å²) in [4.78, 5) is 12.7. The second-order valence-corrected chi connectivity index (χ2v) is 6.01. The number of thiophene rings is 1. The molecule has 0 amide bonds. The average Bonchev–Trinajstić information content (AvgIpc) is 3.01. The molecular formula is C18H16OS. The van der Waals surface area contributed by atoms with Crippen molar-refractivity contribution in [1.29, 1.82) is 0 Å². The van der Waals surface area contributed by atoms with E-state index in [2.05, 4.69) is 42.6 Å². The normalized spacial score (nSPS) is 22.1. The van der Waals surface area contributed by atoms with Gasteiger partial charge in [-0.3, -0.25) is 4.79 Å². The van der Waals surface area contributed by atoms with E-state index < -0.39 is 0 Å². The number of hydrogen-bond acceptors (Lipinski definition) is 2. The highest BCUT2D eigenvalue weighted by molar-refractivity contribution is 7.11. The van der Waals surface area contributed by atoms with Gasteiger partial charge >= 0.3 is 0 Å². The minimum Gasteiger partial charge on any atom is -0.298 e. The number of rotatable bonds is 3. The highest BCUT2D eigenvalue weighted by Gasteiger charge is 2.29. The fraction of sp³-hybridized carbons (Fsp3) is 0.167. The monoisotopic (exact) mass is 280 g/mol. The summed E-state index contributed by atoms with van der Waals surface area (Å²) < 4.78 is 0. The van der Waals surface area contributed by atoms with E-state index in [1.807, 2.05) is 24.3 Å². The summed E-state index contributed by atoms with van der Waals surface area (Å²) in [5, 5.41) is 2.10. The van der Waals surface area contributed by atoms with Crippen molar-refractivity contribution in [2.45, 2.75) is 12.8 Å². The van der Waals surface area contributed by atoms with Crippen LogP contribution in [0.25, 0.3) is 5.57 Å². The van der Waals surface area contributed by atoms with Crippen molar-refractivity contribution in [1.82, 2.24) is 0 Å². The Morgan fingerprint density at radius 3 is 2.50 bits per heavy atom. The molecule has 0 saturated heterocycles. The smallest absolute Gasteiger partial charge is 0.146 e. The SMILES string of the molecule is CC1C(c2cccs2)=CC=C(C=O)C1c1ccccc1. The van der Waals surface area contributed by atoms with Crippen LogP contribution in [0.1, 0.15) is 23.3 Å². The van der Waals surface area contributed by atoms with E-state index in [0.29, 0.717) is 5.92 Å². The first-order chi connectivity index (χ1) is 9.81. The first-order valence-electron chi connectivity index (χ1n) is 6.77. The highest BCUT2D eigenvalue weighted by atomic mass is 32.1. The van der Waals surface area contributed by atoms with Crippen LogP contribution in [0.4, 0.5) is 0 Å². The Bertz CT molecular complexity index is 650. The predicted octanol–water partition coefficient (Wildman–Crippen LogP) is 4.69. The molecule has 0 aliphatic heterocycles. The molecule has 100 valence electrons. The van der Waals surface area contributed by atoms with Crippen LogP contribution in [-0.2, 0) is 4.79 Å². The van der Waals surface area contributed by atoms with Gasteiger partial charge in [-0.15, -0.1) is 11.3 Å². The number of carbonyl (C=O) groups excluding carboxylic acids is 1. The lowest BCUT2D eigenvalue weighted by Crippen LogP contribution is -2.17. The van der Waals surface area contributed by atoms with Crippen LogP contribution in [0.15, 0.2) is 65.6 Å². The van der Waals surface area contributed by atoms with E-state index in [1.54, 1.807) is 11.3 Å². The van der Waals surface area contributed by atoms with Crippen molar-refractivity contribution in [3.63, 3.8) is 0 Å². The van der Waals surface area contributed by atoms with Gasteiger partial charge in [-0.2, -0.15) is 0 Å². The van der Waals surface area contributed by atoms with Gasteiger partial charge in [0, 0.05) is 10.8 Å². The predicted molar refractivity (Wildman–Crippen MR) is 84.8 cm³/mol. The lowest BCUT2D eigenvalue weighted by atomic mass is 9.74. The van der Waals surface area contributed by atoms with Crippen molar-refractivity contribution in [2.75, 3.05) is 0 Å². The van der Waals surface area contributed by atoms with Gasteiger partial charge in [-0.25, -0.2) is 0 Å². The Morgan fingerprint density at radius 1 is 1.05 bits per heavy atom. The van der Waals surface area contributed by atoms with E-state index in [1.165, 1.54) is 16.0 Å². The lowest BCUT2D eigenvalue weighted by molar-refractivity contribution is -0.105. The molecule has 0 fully saturated rings. The molecule has 20 heavy (non-hydrogen) atoms. The van der Waals surface area contributed by atoms with Gasteiger partial charge in [0.2, 0.25) is 0 Å². The number of hydrogen-bond donors (Lipinski definition) is 0. The molecule has 0 saturated carbocycles. The van der Waals surface area contributed by atoms with Crippen LogP contribution in [0.5, 0.6) is 0 Å². The van der Waals surface area contributed by atoms with Gasteiger partial charge in [0.05, 0.1) is 0 Å². The molecule has 0 N–H and O–H groups in total. The summed E-state index contributed by atoms with van der Waals surface area (Å²) in [5.41, 5.74) is 3.39. The zero-order chi connectivity index (χ0) is 13.9. The highest BCUT2D eigenvalue weighted by Crippen LogP contribution is 2.43. The van der Waals surface area contributed by atoms with Crippen LogP contribution in [-0.4, -0.2) is 6.29 Å². The van der Waals surface area contributed by atoms with Gasteiger partial charge in [-0.05, 0) is 34.1 Å². The summed E-state index contributed by atoms with van der Waals surface area (Å²) in [7, 11) is 0. The molecule has 1 nitrogen and oxygen atoms in total. The summed E-state index contributed by atoms with van der Waals surface area (Å²) in [6, 6.07) is 14.5. The molecule has 0 bridgehead atoms. The third kappa shape index (κ3) is 2.27. The molecule has 2 heteroatoms. The average molecular weight is 280 g/mol. The maximum atomic E-state index is 11.4. The second kappa shape index (κ2) is 5.59. The Morgan fingerprint density at radius 2 is 1.85 bits per heavy atom. The first-order valence-corrected chi connectivity index (χ1v) is 7.65. The second-order valence-electron chi connectivity index (χ2n) is 5.06. The van der Waals surface area contributed by atoms with Gasteiger partial charge in [0.1, 0.15) is 6.29 Å². The number of aldehydes is 1. The van der Waals surface area contributed by atoms with E-state index >= 15 is 0 Å². The zero-order valence-electron chi connectivity index (χ0n) is 11.3. The Balaban J connectivity index is 2.05. The van der Waals surface area contributed by atoms with Gasteiger partial charge < -0.3 is 0 Å². The van der Waals surface area contributed by atoms with E-state index in [9.17, 15) is 4.79 Å². The Kier molecular flexibility index (Phi) is 3.66. The molecule has 2 aromatic rings. The summed E-state index contributed by atoms with van der Waals surface area (Å²) in [5.74, 6) is 0.456. The quantitative estimate of drug-likeness (QED) is 0.745. The molecule has 2 unspecified atom stereocenters. The molecule has 0 spiro atoms. The number of allylic oxidation sites excluding steroid dienone is 4. The Labute approximate surface area is 123 Å². The summed E-state index contributed by atoms with van der Waals surface area (Å²) >= 11 is 1.75. The van der Waals surface area contributed by atoms with Gasteiger partial charge in [-0.1, -0.05) is 55.5 Å².